The van der Waals surface area contributed by atoms with Gasteiger partial charge in [-0.3, -0.25) is 4.98 Å². The van der Waals surface area contributed by atoms with Crippen LogP contribution in [0.15, 0.2) is 85.1 Å². The number of nitrogen functional groups attached to an aromatic ring is 1. The number of rotatable bonds is 4. The van der Waals surface area contributed by atoms with Crippen LogP contribution in [0, 0.1) is 17.3 Å². The van der Waals surface area contributed by atoms with Crippen LogP contribution in [0.1, 0.15) is 51.8 Å². The van der Waals surface area contributed by atoms with E-state index in [1.54, 1.807) is 0 Å². The van der Waals surface area contributed by atoms with E-state index >= 15 is 0 Å². The third-order valence-electron chi connectivity index (χ3n) is 6.97. The molecule has 2 N–H and O–H groups in total. The molecule has 1 heterocycles. The molecule has 0 radical (unpaired) electrons. The minimum atomic E-state index is 0.247. The lowest BCUT2D eigenvalue weighted by Gasteiger charge is -2.31. The molecule has 5 rings (SSSR count). The van der Waals surface area contributed by atoms with E-state index in [1.165, 1.54) is 33.9 Å². The summed E-state index contributed by atoms with van der Waals surface area (Å²) in [4.78, 5) is 4.91. The lowest BCUT2D eigenvalue weighted by molar-refractivity contribution is 0.438. The number of anilines is 1. The van der Waals surface area contributed by atoms with Gasteiger partial charge in [0.25, 0.3) is 0 Å². The molecule has 0 amide bonds. The van der Waals surface area contributed by atoms with Crippen molar-refractivity contribution < 1.29 is 0 Å². The van der Waals surface area contributed by atoms with Gasteiger partial charge in [-0.05, 0) is 83.4 Å². The first-order valence-electron chi connectivity index (χ1n) is 11.9. The number of nitrogens with two attached hydrogens (primary N) is 1. The average molecular weight is 423 g/mol. The predicted molar refractivity (Wildman–Crippen MR) is 139 cm³/mol. The first-order chi connectivity index (χ1) is 15.6. The van der Waals surface area contributed by atoms with Crippen LogP contribution in [0.2, 0.25) is 0 Å². The Hall–Kier alpha value is -3.13. The monoisotopic (exact) mass is 422 g/mol. The average Bonchev–Trinajstić information content (AvgIpc) is 3.50. The lowest BCUT2D eigenvalue weighted by Crippen LogP contribution is -2.20. The molecule has 0 spiro atoms. The van der Waals surface area contributed by atoms with E-state index in [4.69, 9.17) is 10.7 Å². The molecule has 2 aliphatic carbocycles. The number of hydrogen-bond donors (Lipinski definition) is 1. The highest BCUT2D eigenvalue weighted by Gasteiger charge is 2.55. The largest absolute Gasteiger partial charge is 0.399 e. The van der Waals surface area contributed by atoms with E-state index in [-0.39, 0.29) is 5.41 Å². The molecule has 1 saturated carbocycles. The van der Waals surface area contributed by atoms with Crippen LogP contribution in [-0.4, -0.2) is 4.98 Å². The van der Waals surface area contributed by atoms with Gasteiger partial charge >= 0.3 is 0 Å². The quantitative estimate of drug-likeness (QED) is 0.342. The topological polar surface area (TPSA) is 38.9 Å². The molecule has 3 unspecified atom stereocenters. The molecule has 3 atom stereocenters. The molecule has 2 heteroatoms. The Morgan fingerprint density at radius 3 is 2.38 bits per heavy atom. The van der Waals surface area contributed by atoms with Gasteiger partial charge in [0.2, 0.25) is 0 Å². The Labute approximate surface area is 192 Å². The summed E-state index contributed by atoms with van der Waals surface area (Å²) in [5, 5.41) is 2.43. The summed E-state index contributed by atoms with van der Waals surface area (Å²) in [5.74, 6) is 1.16. The maximum atomic E-state index is 5.91. The van der Waals surface area contributed by atoms with E-state index < -0.39 is 0 Å². The number of pyridine rings is 1. The molecular formula is C30H34N2. The summed E-state index contributed by atoms with van der Waals surface area (Å²) in [6.45, 7) is 8.52. The SMILES string of the molecule is CC.CC=CC1(C2CC=C(c3ccc(N)cc3)C=C2c2cc3ccccc3cn2)CC1C. The minimum absolute atomic E-state index is 0.247. The van der Waals surface area contributed by atoms with Crippen LogP contribution < -0.4 is 5.73 Å². The molecule has 2 aromatic carbocycles. The molecule has 2 nitrogen and oxygen atoms in total. The first kappa shape index (κ1) is 22.1. The van der Waals surface area contributed by atoms with Crippen molar-refractivity contribution in [2.45, 2.75) is 40.5 Å². The zero-order chi connectivity index (χ0) is 22.7. The normalized spacial score (nSPS) is 24.5. The first-order valence-corrected chi connectivity index (χ1v) is 11.9. The second kappa shape index (κ2) is 9.16. The van der Waals surface area contributed by atoms with Gasteiger partial charge in [0.05, 0.1) is 5.69 Å². The van der Waals surface area contributed by atoms with Crippen LogP contribution in [-0.2, 0) is 0 Å². The van der Waals surface area contributed by atoms with E-state index in [1.807, 2.05) is 32.2 Å². The van der Waals surface area contributed by atoms with Crippen molar-refractivity contribution in [1.29, 1.82) is 0 Å². The van der Waals surface area contributed by atoms with Gasteiger partial charge in [-0.15, -0.1) is 0 Å². The second-order valence-corrected chi connectivity index (χ2v) is 8.80. The Morgan fingerprint density at radius 2 is 1.72 bits per heavy atom. The van der Waals surface area contributed by atoms with Crippen molar-refractivity contribution in [1.82, 2.24) is 4.98 Å². The van der Waals surface area contributed by atoms with Crippen molar-refractivity contribution in [3.63, 3.8) is 0 Å². The number of fused-ring (bicyclic) bond motifs is 1. The van der Waals surface area contributed by atoms with Crippen molar-refractivity contribution >= 4 is 27.6 Å². The molecule has 1 fully saturated rings. The molecule has 0 aliphatic heterocycles. The third kappa shape index (κ3) is 4.02. The predicted octanol–water partition coefficient (Wildman–Crippen LogP) is 7.93. The van der Waals surface area contributed by atoms with Crippen LogP contribution in [0.25, 0.3) is 21.9 Å². The van der Waals surface area contributed by atoms with E-state index in [0.29, 0.717) is 11.8 Å². The molecule has 3 aromatic rings. The zero-order valence-corrected chi connectivity index (χ0v) is 19.7. The highest BCUT2D eigenvalue weighted by molar-refractivity contribution is 5.90. The molecule has 32 heavy (non-hydrogen) atoms. The highest BCUT2D eigenvalue weighted by Crippen LogP contribution is 2.63. The zero-order valence-electron chi connectivity index (χ0n) is 19.7. The van der Waals surface area contributed by atoms with Gasteiger partial charge in [0.1, 0.15) is 0 Å². The molecular weight excluding hydrogens is 388 g/mol. The smallest absolute Gasteiger partial charge is 0.0671 e. The van der Waals surface area contributed by atoms with E-state index in [0.717, 1.165) is 17.8 Å². The standard InChI is InChI=1S/C28H28N2.C2H6/c1-3-14-28(17-19(28)2)26-13-10-22(20-8-11-24(29)12-9-20)15-25(26)27-16-21-6-4-5-7-23(21)18-30-27;1-2/h3-12,14-16,18-19,26H,13,17,29H2,1-2H3;1-2H3. The van der Waals surface area contributed by atoms with Gasteiger partial charge in [0.15, 0.2) is 0 Å². The fourth-order valence-electron chi connectivity index (χ4n) is 5.19. The summed E-state index contributed by atoms with van der Waals surface area (Å²) in [6.07, 6.45) is 13.7. The van der Waals surface area contributed by atoms with Gasteiger partial charge in [-0.25, -0.2) is 0 Å². The molecule has 0 bridgehead atoms. The van der Waals surface area contributed by atoms with Crippen molar-refractivity contribution in [3.05, 3.63) is 96.4 Å². The summed E-state index contributed by atoms with van der Waals surface area (Å²) < 4.78 is 0. The van der Waals surface area contributed by atoms with Crippen LogP contribution in [0.4, 0.5) is 5.69 Å². The highest BCUT2D eigenvalue weighted by atomic mass is 14.7. The molecule has 164 valence electrons. The second-order valence-electron chi connectivity index (χ2n) is 8.80. The Bertz CT molecular complexity index is 1180. The van der Waals surface area contributed by atoms with Gasteiger partial charge in [-0.2, -0.15) is 0 Å². The number of benzene rings is 2. The van der Waals surface area contributed by atoms with Crippen LogP contribution in [0.3, 0.4) is 0 Å². The van der Waals surface area contributed by atoms with Crippen molar-refractivity contribution in [2.24, 2.45) is 17.3 Å². The summed E-state index contributed by atoms with van der Waals surface area (Å²) in [6, 6.07) is 18.9. The summed E-state index contributed by atoms with van der Waals surface area (Å²) in [7, 11) is 0. The number of hydrogen-bond acceptors (Lipinski definition) is 2. The fourth-order valence-corrected chi connectivity index (χ4v) is 5.19. The van der Waals surface area contributed by atoms with Crippen LogP contribution >= 0.6 is 0 Å². The van der Waals surface area contributed by atoms with Crippen molar-refractivity contribution in [3.8, 4) is 0 Å². The summed E-state index contributed by atoms with van der Waals surface area (Å²) >= 11 is 0. The summed E-state index contributed by atoms with van der Waals surface area (Å²) in [5.41, 5.74) is 11.9. The fraction of sp³-hybridized carbons (Fsp3) is 0.300. The molecule has 0 saturated heterocycles. The number of allylic oxidation sites excluding steroid dienone is 6. The van der Waals surface area contributed by atoms with Crippen LogP contribution in [0.5, 0.6) is 0 Å². The van der Waals surface area contributed by atoms with Crippen molar-refractivity contribution in [2.75, 3.05) is 5.73 Å². The minimum Gasteiger partial charge on any atom is -0.399 e. The number of aromatic nitrogens is 1. The van der Waals surface area contributed by atoms with E-state index in [9.17, 15) is 0 Å². The Kier molecular flexibility index (Phi) is 6.32. The third-order valence-corrected chi connectivity index (χ3v) is 6.97. The van der Waals surface area contributed by atoms with E-state index in [2.05, 4.69) is 80.6 Å². The molecule has 2 aliphatic rings. The van der Waals surface area contributed by atoms with Gasteiger partial charge < -0.3 is 5.73 Å². The van der Waals surface area contributed by atoms with Gasteiger partial charge in [-0.1, -0.05) is 75.4 Å². The maximum absolute atomic E-state index is 5.91. The Balaban J connectivity index is 0.00000119. The number of nitrogens with zero attached hydrogens (tertiary/aromatic N) is 1. The molecule has 1 aromatic heterocycles. The lowest BCUT2D eigenvalue weighted by atomic mass is 9.73. The Morgan fingerprint density at radius 1 is 1.03 bits per heavy atom. The van der Waals surface area contributed by atoms with Gasteiger partial charge in [0, 0.05) is 17.3 Å². The maximum Gasteiger partial charge on any atom is 0.0671 e.